The average Bonchev–Trinajstić information content (AvgIpc) is 3.23. The molecule has 1 N–H and O–H groups in total. The van der Waals surface area contributed by atoms with Crippen LogP contribution in [0.15, 0.2) is 48.5 Å². The Hall–Kier alpha value is -2.96. The van der Waals surface area contributed by atoms with Gasteiger partial charge in [-0.25, -0.2) is 4.68 Å². The Morgan fingerprint density at radius 3 is 2.59 bits per heavy atom. The average molecular weight is 372 g/mol. The van der Waals surface area contributed by atoms with Crippen molar-refractivity contribution in [3.8, 4) is 16.9 Å². The Morgan fingerprint density at radius 1 is 1.07 bits per heavy atom. The van der Waals surface area contributed by atoms with Gasteiger partial charge in [-0.15, -0.1) is 0 Å². The molecule has 0 aliphatic carbocycles. The van der Waals surface area contributed by atoms with Crippen LogP contribution >= 0.6 is 0 Å². The highest BCUT2D eigenvalue weighted by molar-refractivity contribution is 5.75. The number of benzene rings is 2. The quantitative estimate of drug-likeness (QED) is 0.730. The predicted octanol–water partition coefficient (Wildman–Crippen LogP) is 4.59. The number of nitrogens with zero attached hydrogens (tertiary/aromatic N) is 3. The fraction of sp³-hybridized carbons (Fsp3) is 0.250. The van der Waals surface area contributed by atoms with Crippen LogP contribution in [0, 0.1) is 0 Å². The highest BCUT2D eigenvalue weighted by atomic mass is 19.4. The molecule has 2 aromatic carbocycles. The molecule has 0 saturated carbocycles. The summed E-state index contributed by atoms with van der Waals surface area (Å²) in [6, 6.07) is 13.2. The van der Waals surface area contributed by atoms with Gasteiger partial charge in [0.05, 0.1) is 16.9 Å². The zero-order valence-electron chi connectivity index (χ0n) is 15.0. The van der Waals surface area contributed by atoms with Crippen molar-refractivity contribution in [1.29, 1.82) is 0 Å². The number of nitrogens with one attached hydrogen (secondary N) is 1. The molecule has 4 rings (SSSR count). The number of rotatable bonds is 3. The lowest BCUT2D eigenvalue weighted by Crippen LogP contribution is -2.09. The highest BCUT2D eigenvalue weighted by Gasteiger charge is 2.31. The normalized spacial score (nSPS) is 13.4. The van der Waals surface area contributed by atoms with Gasteiger partial charge in [-0.05, 0) is 36.8 Å². The molecule has 3 aromatic rings. The molecule has 0 saturated heterocycles. The number of alkyl halides is 3. The maximum absolute atomic E-state index is 13.1. The molecule has 7 heteroatoms. The zero-order valence-corrected chi connectivity index (χ0v) is 15.0. The van der Waals surface area contributed by atoms with Gasteiger partial charge in [0.2, 0.25) is 0 Å². The van der Waals surface area contributed by atoms with E-state index in [0.29, 0.717) is 5.69 Å². The van der Waals surface area contributed by atoms with E-state index in [1.165, 1.54) is 6.07 Å². The Morgan fingerprint density at radius 2 is 1.85 bits per heavy atom. The summed E-state index contributed by atoms with van der Waals surface area (Å²) >= 11 is 0. The highest BCUT2D eigenvalue weighted by Crippen LogP contribution is 2.37. The van der Waals surface area contributed by atoms with Crippen LogP contribution in [-0.2, 0) is 12.6 Å². The predicted molar refractivity (Wildman–Crippen MR) is 101 cm³/mol. The van der Waals surface area contributed by atoms with Gasteiger partial charge in [0, 0.05) is 37.5 Å². The van der Waals surface area contributed by atoms with Crippen molar-refractivity contribution in [3.63, 3.8) is 0 Å². The third kappa shape index (κ3) is 3.13. The minimum absolute atomic E-state index is 0.394. The third-order valence-corrected chi connectivity index (χ3v) is 4.70. The second kappa shape index (κ2) is 6.33. The van der Waals surface area contributed by atoms with Crippen LogP contribution in [-0.4, -0.2) is 30.4 Å². The number of anilines is 2. The first-order valence-corrected chi connectivity index (χ1v) is 8.66. The molecule has 2 heterocycles. The van der Waals surface area contributed by atoms with Crippen LogP contribution in [0.2, 0.25) is 0 Å². The van der Waals surface area contributed by atoms with E-state index in [-0.39, 0.29) is 0 Å². The molecule has 0 fully saturated rings. The second-order valence-electron chi connectivity index (χ2n) is 6.76. The van der Waals surface area contributed by atoms with Gasteiger partial charge in [0.25, 0.3) is 0 Å². The zero-order chi connectivity index (χ0) is 19.2. The first-order valence-electron chi connectivity index (χ1n) is 8.66. The van der Waals surface area contributed by atoms with Gasteiger partial charge < -0.3 is 10.2 Å². The SMILES string of the molecule is CN(C)c1cccc(-c2nn(-c3cccc(C(F)(F)F)c3)c3c2CCN3)c1. The molecule has 27 heavy (non-hydrogen) atoms. The largest absolute Gasteiger partial charge is 0.416 e. The Labute approximate surface area is 155 Å². The summed E-state index contributed by atoms with van der Waals surface area (Å²) in [5, 5.41) is 7.93. The lowest BCUT2D eigenvalue weighted by Gasteiger charge is -2.13. The summed E-state index contributed by atoms with van der Waals surface area (Å²) in [4.78, 5) is 2.01. The Balaban J connectivity index is 1.84. The Bertz CT molecular complexity index is 989. The number of fused-ring (bicyclic) bond motifs is 1. The van der Waals surface area contributed by atoms with E-state index in [9.17, 15) is 13.2 Å². The molecule has 0 bridgehead atoms. The van der Waals surface area contributed by atoms with Gasteiger partial charge in [-0.3, -0.25) is 0 Å². The van der Waals surface area contributed by atoms with Crippen molar-refractivity contribution in [1.82, 2.24) is 9.78 Å². The van der Waals surface area contributed by atoms with Gasteiger partial charge in [-0.2, -0.15) is 18.3 Å². The minimum Gasteiger partial charge on any atom is -0.378 e. The first-order chi connectivity index (χ1) is 12.8. The van der Waals surface area contributed by atoms with Crippen molar-refractivity contribution in [2.45, 2.75) is 12.6 Å². The maximum Gasteiger partial charge on any atom is 0.416 e. The van der Waals surface area contributed by atoms with Gasteiger partial charge in [-0.1, -0.05) is 18.2 Å². The molecule has 0 unspecified atom stereocenters. The van der Waals surface area contributed by atoms with E-state index < -0.39 is 11.7 Å². The van der Waals surface area contributed by atoms with Crippen LogP contribution in [0.4, 0.5) is 24.7 Å². The fourth-order valence-corrected chi connectivity index (χ4v) is 3.34. The molecule has 1 aromatic heterocycles. The molecule has 1 aliphatic heterocycles. The van der Waals surface area contributed by atoms with E-state index >= 15 is 0 Å². The maximum atomic E-state index is 13.1. The molecule has 0 amide bonds. The monoisotopic (exact) mass is 372 g/mol. The molecule has 0 atom stereocenters. The summed E-state index contributed by atoms with van der Waals surface area (Å²) in [5.74, 6) is 0.764. The molecule has 0 radical (unpaired) electrons. The molecule has 1 aliphatic rings. The third-order valence-electron chi connectivity index (χ3n) is 4.70. The van der Waals surface area contributed by atoms with Crippen LogP contribution < -0.4 is 10.2 Å². The lowest BCUT2D eigenvalue weighted by atomic mass is 10.1. The summed E-state index contributed by atoms with van der Waals surface area (Å²) < 4.78 is 40.9. The van der Waals surface area contributed by atoms with Crippen molar-refractivity contribution < 1.29 is 13.2 Å². The van der Waals surface area contributed by atoms with Crippen molar-refractivity contribution in [2.75, 3.05) is 30.9 Å². The number of halogens is 3. The van der Waals surface area contributed by atoms with Crippen LogP contribution in [0.25, 0.3) is 16.9 Å². The molecule has 4 nitrogen and oxygen atoms in total. The van der Waals surface area contributed by atoms with E-state index in [4.69, 9.17) is 0 Å². The standard InChI is InChI=1S/C20H19F3N4/c1-26(2)15-7-3-5-13(11-15)18-17-9-10-24-19(17)27(25-18)16-8-4-6-14(12-16)20(21,22)23/h3-8,11-12,24H,9-10H2,1-2H3. The first kappa shape index (κ1) is 17.5. The lowest BCUT2D eigenvalue weighted by molar-refractivity contribution is -0.137. The van der Waals surface area contributed by atoms with Crippen molar-refractivity contribution in [2.24, 2.45) is 0 Å². The number of aromatic nitrogens is 2. The van der Waals surface area contributed by atoms with Crippen LogP contribution in [0.3, 0.4) is 0 Å². The fourth-order valence-electron chi connectivity index (χ4n) is 3.34. The summed E-state index contributed by atoms with van der Waals surface area (Å²) in [7, 11) is 3.93. The summed E-state index contributed by atoms with van der Waals surface area (Å²) in [5.41, 5.74) is 3.54. The summed E-state index contributed by atoms with van der Waals surface area (Å²) in [6.45, 7) is 0.743. The topological polar surface area (TPSA) is 33.1 Å². The number of hydrogen-bond donors (Lipinski definition) is 1. The smallest absolute Gasteiger partial charge is 0.378 e. The summed E-state index contributed by atoms with van der Waals surface area (Å²) in [6.07, 6.45) is -3.60. The van der Waals surface area contributed by atoms with E-state index in [1.54, 1.807) is 10.7 Å². The van der Waals surface area contributed by atoms with E-state index in [2.05, 4.69) is 10.4 Å². The Kier molecular flexibility index (Phi) is 4.09. The molecule has 140 valence electrons. The minimum atomic E-state index is -4.39. The van der Waals surface area contributed by atoms with Crippen LogP contribution in [0.1, 0.15) is 11.1 Å². The van der Waals surface area contributed by atoms with Crippen LogP contribution in [0.5, 0.6) is 0 Å². The van der Waals surface area contributed by atoms with E-state index in [0.717, 1.165) is 53.4 Å². The molecular weight excluding hydrogens is 353 g/mol. The van der Waals surface area contributed by atoms with Crippen molar-refractivity contribution >= 4 is 11.5 Å². The molecular formula is C20H19F3N4. The second-order valence-corrected chi connectivity index (χ2v) is 6.76. The van der Waals surface area contributed by atoms with Gasteiger partial charge in [0.1, 0.15) is 5.82 Å². The van der Waals surface area contributed by atoms with Crippen molar-refractivity contribution in [3.05, 3.63) is 59.7 Å². The number of hydrogen-bond acceptors (Lipinski definition) is 3. The van der Waals surface area contributed by atoms with Gasteiger partial charge >= 0.3 is 6.18 Å². The van der Waals surface area contributed by atoms with Gasteiger partial charge in [0.15, 0.2) is 0 Å². The molecule has 0 spiro atoms. The van der Waals surface area contributed by atoms with E-state index in [1.807, 2.05) is 43.3 Å².